The number of likely N-dealkylation sites (tertiary alicyclic amines) is 1. The largest absolute Gasteiger partial charge is 0.375 e. The molecule has 2 heterocycles. The van der Waals surface area contributed by atoms with E-state index in [-0.39, 0.29) is 5.60 Å². The van der Waals surface area contributed by atoms with Crippen molar-refractivity contribution < 1.29 is 4.74 Å². The Hall–Kier alpha value is -0.120. The van der Waals surface area contributed by atoms with E-state index in [2.05, 4.69) is 31.0 Å². The van der Waals surface area contributed by atoms with Crippen molar-refractivity contribution in [3.63, 3.8) is 0 Å². The van der Waals surface area contributed by atoms with Gasteiger partial charge >= 0.3 is 0 Å². The zero-order valence-corrected chi connectivity index (χ0v) is 9.60. The predicted molar refractivity (Wildman–Crippen MR) is 57.4 cm³/mol. The van der Waals surface area contributed by atoms with E-state index in [1.165, 1.54) is 26.2 Å². The van der Waals surface area contributed by atoms with E-state index in [0.717, 1.165) is 13.2 Å². The van der Waals surface area contributed by atoms with Crippen LogP contribution in [0.5, 0.6) is 0 Å². The summed E-state index contributed by atoms with van der Waals surface area (Å²) < 4.78 is 5.70. The highest BCUT2D eigenvalue weighted by molar-refractivity contribution is 5.03. The average Bonchev–Trinajstić information content (AvgIpc) is 1.87. The molecule has 1 N–H and O–H groups in total. The maximum absolute atomic E-state index is 5.70. The van der Waals surface area contributed by atoms with Gasteiger partial charge in [0, 0.05) is 38.1 Å². The standard InChI is InChI=1S/C11H22N2O/c1-10(2,3)14-5-4-13-8-11(9-13)6-12-7-11/h12H,4-9H2,1-3H3. The lowest BCUT2D eigenvalue weighted by molar-refractivity contribution is -0.0711. The van der Waals surface area contributed by atoms with Crippen molar-refractivity contribution in [1.29, 1.82) is 0 Å². The molecular weight excluding hydrogens is 176 g/mol. The Morgan fingerprint density at radius 3 is 2.36 bits per heavy atom. The van der Waals surface area contributed by atoms with Gasteiger partial charge in [-0.2, -0.15) is 0 Å². The van der Waals surface area contributed by atoms with Gasteiger partial charge in [0.1, 0.15) is 0 Å². The van der Waals surface area contributed by atoms with Crippen LogP contribution in [0.15, 0.2) is 0 Å². The average molecular weight is 198 g/mol. The second-order valence-electron chi connectivity index (χ2n) is 5.78. The van der Waals surface area contributed by atoms with Gasteiger partial charge < -0.3 is 10.1 Å². The van der Waals surface area contributed by atoms with E-state index >= 15 is 0 Å². The predicted octanol–water partition coefficient (Wildman–Crippen LogP) is 0.707. The lowest BCUT2D eigenvalue weighted by atomic mass is 9.74. The first-order valence-corrected chi connectivity index (χ1v) is 5.56. The summed E-state index contributed by atoms with van der Waals surface area (Å²) in [5.74, 6) is 0. The molecule has 2 aliphatic heterocycles. The van der Waals surface area contributed by atoms with Crippen LogP contribution in [0.4, 0.5) is 0 Å². The van der Waals surface area contributed by atoms with E-state index in [0.29, 0.717) is 5.41 Å². The molecule has 3 nitrogen and oxygen atoms in total. The molecule has 0 aromatic rings. The molecular formula is C11H22N2O. The normalized spacial score (nSPS) is 25.9. The quantitative estimate of drug-likeness (QED) is 0.723. The van der Waals surface area contributed by atoms with Gasteiger partial charge in [-0.25, -0.2) is 0 Å². The number of hydrogen-bond acceptors (Lipinski definition) is 3. The first-order chi connectivity index (χ1) is 6.49. The van der Waals surface area contributed by atoms with Crippen LogP contribution in [0.3, 0.4) is 0 Å². The number of rotatable bonds is 3. The van der Waals surface area contributed by atoms with Crippen molar-refractivity contribution in [2.24, 2.45) is 5.41 Å². The van der Waals surface area contributed by atoms with Crippen molar-refractivity contribution in [3.05, 3.63) is 0 Å². The summed E-state index contributed by atoms with van der Waals surface area (Å²) in [5.41, 5.74) is 0.669. The van der Waals surface area contributed by atoms with E-state index < -0.39 is 0 Å². The summed E-state index contributed by atoms with van der Waals surface area (Å²) in [6.45, 7) is 13.3. The Kier molecular flexibility index (Phi) is 2.58. The first-order valence-electron chi connectivity index (χ1n) is 5.56. The second kappa shape index (κ2) is 3.47. The van der Waals surface area contributed by atoms with E-state index in [4.69, 9.17) is 4.74 Å². The van der Waals surface area contributed by atoms with Crippen LogP contribution in [0, 0.1) is 5.41 Å². The van der Waals surface area contributed by atoms with Crippen molar-refractivity contribution in [2.45, 2.75) is 26.4 Å². The summed E-state index contributed by atoms with van der Waals surface area (Å²) in [6.07, 6.45) is 0. The summed E-state index contributed by atoms with van der Waals surface area (Å²) in [5, 5.41) is 3.35. The Bertz CT molecular complexity index is 198. The molecule has 0 amide bonds. The van der Waals surface area contributed by atoms with Crippen LogP contribution in [0.2, 0.25) is 0 Å². The Labute approximate surface area is 86.8 Å². The molecule has 2 fully saturated rings. The third-order valence-electron chi connectivity index (χ3n) is 3.06. The van der Waals surface area contributed by atoms with Crippen molar-refractivity contribution in [1.82, 2.24) is 10.2 Å². The van der Waals surface area contributed by atoms with Crippen molar-refractivity contribution in [3.8, 4) is 0 Å². The van der Waals surface area contributed by atoms with Gasteiger partial charge in [-0.1, -0.05) is 0 Å². The van der Waals surface area contributed by atoms with Gasteiger partial charge in [0.05, 0.1) is 12.2 Å². The fourth-order valence-electron chi connectivity index (χ4n) is 2.24. The first kappa shape index (κ1) is 10.4. The minimum absolute atomic E-state index is 0.0145. The number of nitrogens with one attached hydrogen (secondary N) is 1. The molecule has 0 aliphatic carbocycles. The summed E-state index contributed by atoms with van der Waals surface area (Å²) in [7, 11) is 0. The molecule has 0 saturated carbocycles. The summed E-state index contributed by atoms with van der Waals surface area (Å²) in [6, 6.07) is 0. The van der Waals surface area contributed by atoms with Gasteiger partial charge in [-0.05, 0) is 20.8 Å². The fourth-order valence-corrected chi connectivity index (χ4v) is 2.24. The highest BCUT2D eigenvalue weighted by Crippen LogP contribution is 2.33. The fraction of sp³-hybridized carbons (Fsp3) is 1.00. The molecule has 0 atom stereocenters. The summed E-state index contributed by atoms with van der Waals surface area (Å²) >= 11 is 0. The van der Waals surface area contributed by atoms with E-state index in [1.54, 1.807) is 0 Å². The third-order valence-corrected chi connectivity index (χ3v) is 3.06. The SMILES string of the molecule is CC(C)(C)OCCN1CC2(CNC2)C1. The van der Waals surface area contributed by atoms with Crippen LogP contribution in [0.1, 0.15) is 20.8 Å². The zero-order chi connectivity index (χ0) is 10.2. The highest BCUT2D eigenvalue weighted by atomic mass is 16.5. The minimum Gasteiger partial charge on any atom is -0.375 e. The van der Waals surface area contributed by atoms with Crippen LogP contribution >= 0.6 is 0 Å². The Morgan fingerprint density at radius 2 is 1.93 bits per heavy atom. The molecule has 0 bridgehead atoms. The lowest BCUT2D eigenvalue weighted by Crippen LogP contribution is -2.71. The molecule has 0 aromatic carbocycles. The minimum atomic E-state index is 0.0145. The molecule has 0 aromatic heterocycles. The van der Waals surface area contributed by atoms with Gasteiger partial charge in [0.25, 0.3) is 0 Å². The zero-order valence-electron chi connectivity index (χ0n) is 9.60. The Morgan fingerprint density at radius 1 is 1.29 bits per heavy atom. The van der Waals surface area contributed by atoms with Gasteiger partial charge in [-0.15, -0.1) is 0 Å². The molecule has 3 heteroatoms. The molecule has 2 saturated heterocycles. The molecule has 0 radical (unpaired) electrons. The summed E-state index contributed by atoms with van der Waals surface area (Å²) in [4.78, 5) is 2.49. The van der Waals surface area contributed by atoms with Crippen molar-refractivity contribution in [2.75, 3.05) is 39.3 Å². The monoisotopic (exact) mass is 198 g/mol. The number of hydrogen-bond donors (Lipinski definition) is 1. The smallest absolute Gasteiger partial charge is 0.0600 e. The lowest BCUT2D eigenvalue weighted by Gasteiger charge is -2.56. The number of nitrogens with zero attached hydrogens (tertiary/aromatic N) is 1. The van der Waals surface area contributed by atoms with Crippen LogP contribution in [-0.4, -0.2) is 49.8 Å². The maximum atomic E-state index is 5.70. The van der Waals surface area contributed by atoms with E-state index in [9.17, 15) is 0 Å². The van der Waals surface area contributed by atoms with Crippen LogP contribution < -0.4 is 5.32 Å². The molecule has 0 unspecified atom stereocenters. The van der Waals surface area contributed by atoms with Crippen LogP contribution in [0.25, 0.3) is 0 Å². The van der Waals surface area contributed by atoms with Crippen LogP contribution in [-0.2, 0) is 4.74 Å². The molecule has 14 heavy (non-hydrogen) atoms. The number of ether oxygens (including phenoxy) is 1. The molecule has 2 rings (SSSR count). The van der Waals surface area contributed by atoms with Gasteiger partial charge in [-0.3, -0.25) is 4.90 Å². The van der Waals surface area contributed by atoms with Crippen molar-refractivity contribution >= 4 is 0 Å². The van der Waals surface area contributed by atoms with Gasteiger partial charge in [0.2, 0.25) is 0 Å². The maximum Gasteiger partial charge on any atom is 0.0600 e. The highest BCUT2D eigenvalue weighted by Gasteiger charge is 2.46. The molecule has 1 spiro atoms. The Balaban J connectivity index is 1.56. The third kappa shape index (κ3) is 2.27. The molecule has 2 aliphatic rings. The molecule has 82 valence electrons. The second-order valence-corrected chi connectivity index (χ2v) is 5.78. The van der Waals surface area contributed by atoms with E-state index in [1.807, 2.05) is 0 Å². The van der Waals surface area contributed by atoms with Gasteiger partial charge in [0.15, 0.2) is 0 Å². The topological polar surface area (TPSA) is 24.5 Å².